The molecule has 3 nitrogen and oxygen atoms in total. The molecule has 0 radical (unpaired) electrons. The van der Waals surface area contributed by atoms with Gasteiger partial charge in [0, 0.05) is 13.1 Å². The quantitative estimate of drug-likeness (QED) is 0.761. The zero-order valence-corrected chi connectivity index (χ0v) is 11.3. The van der Waals surface area contributed by atoms with Crippen molar-refractivity contribution in [2.75, 3.05) is 26.2 Å². The van der Waals surface area contributed by atoms with E-state index < -0.39 is 0 Å². The molecule has 96 valence electrons. The summed E-state index contributed by atoms with van der Waals surface area (Å²) < 4.78 is 5.83. The smallest absolute Gasteiger partial charge is 0.0600 e. The van der Waals surface area contributed by atoms with E-state index in [-0.39, 0.29) is 0 Å². The highest BCUT2D eigenvalue weighted by molar-refractivity contribution is 7.08. The molecule has 1 fully saturated rings. The van der Waals surface area contributed by atoms with Crippen molar-refractivity contribution >= 4 is 11.3 Å². The maximum atomic E-state index is 5.83. The SMILES string of the molecule is Cc1cscc1CNCCOC1CCNCC1. The Labute approximate surface area is 108 Å². The lowest BCUT2D eigenvalue weighted by Crippen LogP contribution is -2.33. The molecule has 0 spiro atoms. The van der Waals surface area contributed by atoms with Crippen LogP contribution in [0.1, 0.15) is 24.0 Å². The third kappa shape index (κ3) is 4.39. The molecule has 2 rings (SSSR count). The fourth-order valence-electron chi connectivity index (χ4n) is 2.05. The summed E-state index contributed by atoms with van der Waals surface area (Å²) in [4.78, 5) is 0. The fraction of sp³-hybridized carbons (Fsp3) is 0.692. The second-order valence-corrected chi connectivity index (χ2v) is 5.32. The molecule has 17 heavy (non-hydrogen) atoms. The number of rotatable bonds is 6. The molecule has 1 aliphatic rings. The van der Waals surface area contributed by atoms with Crippen LogP contribution in [-0.4, -0.2) is 32.3 Å². The van der Waals surface area contributed by atoms with Crippen LogP contribution in [0, 0.1) is 6.92 Å². The summed E-state index contributed by atoms with van der Waals surface area (Å²) in [5.41, 5.74) is 2.80. The molecule has 2 heterocycles. The average Bonchev–Trinajstić information content (AvgIpc) is 2.76. The van der Waals surface area contributed by atoms with E-state index in [1.54, 1.807) is 11.3 Å². The van der Waals surface area contributed by atoms with Crippen LogP contribution >= 0.6 is 11.3 Å². The lowest BCUT2D eigenvalue weighted by atomic mass is 10.1. The van der Waals surface area contributed by atoms with Crippen LogP contribution in [0.4, 0.5) is 0 Å². The van der Waals surface area contributed by atoms with Crippen molar-refractivity contribution in [2.24, 2.45) is 0 Å². The molecule has 0 atom stereocenters. The van der Waals surface area contributed by atoms with E-state index in [1.807, 2.05) is 0 Å². The van der Waals surface area contributed by atoms with Crippen molar-refractivity contribution in [2.45, 2.75) is 32.4 Å². The van der Waals surface area contributed by atoms with Gasteiger partial charge in [-0.3, -0.25) is 0 Å². The standard InChI is InChI=1S/C13H22N2OS/c1-11-9-17-10-12(11)8-15-6-7-16-13-2-4-14-5-3-13/h9-10,13-15H,2-8H2,1H3. The van der Waals surface area contributed by atoms with Crippen LogP contribution in [0.5, 0.6) is 0 Å². The normalized spacial score (nSPS) is 17.5. The summed E-state index contributed by atoms with van der Waals surface area (Å²) >= 11 is 1.77. The number of piperidine rings is 1. The molecule has 0 unspecified atom stereocenters. The van der Waals surface area contributed by atoms with Gasteiger partial charge < -0.3 is 15.4 Å². The minimum absolute atomic E-state index is 0.473. The summed E-state index contributed by atoms with van der Waals surface area (Å²) in [5.74, 6) is 0. The van der Waals surface area contributed by atoms with Crippen molar-refractivity contribution in [1.82, 2.24) is 10.6 Å². The van der Waals surface area contributed by atoms with E-state index >= 15 is 0 Å². The van der Waals surface area contributed by atoms with Crippen LogP contribution in [0.2, 0.25) is 0 Å². The maximum absolute atomic E-state index is 5.83. The summed E-state index contributed by atoms with van der Waals surface area (Å²) in [7, 11) is 0. The van der Waals surface area contributed by atoms with E-state index in [0.717, 1.165) is 45.6 Å². The predicted molar refractivity (Wildman–Crippen MR) is 72.6 cm³/mol. The van der Waals surface area contributed by atoms with Crippen LogP contribution in [0.15, 0.2) is 10.8 Å². The average molecular weight is 254 g/mol. The van der Waals surface area contributed by atoms with Crippen molar-refractivity contribution < 1.29 is 4.74 Å². The van der Waals surface area contributed by atoms with Gasteiger partial charge in [-0.05, 0) is 54.7 Å². The summed E-state index contributed by atoms with van der Waals surface area (Å²) in [6, 6.07) is 0. The van der Waals surface area contributed by atoms with Crippen molar-refractivity contribution in [3.8, 4) is 0 Å². The Morgan fingerprint density at radius 1 is 1.41 bits per heavy atom. The van der Waals surface area contributed by atoms with Gasteiger partial charge in [-0.1, -0.05) is 0 Å². The Hall–Kier alpha value is -0.420. The van der Waals surface area contributed by atoms with E-state index in [2.05, 4.69) is 28.3 Å². The maximum Gasteiger partial charge on any atom is 0.0600 e. The van der Waals surface area contributed by atoms with Gasteiger partial charge in [0.25, 0.3) is 0 Å². The number of hydrogen-bond acceptors (Lipinski definition) is 4. The van der Waals surface area contributed by atoms with Gasteiger partial charge >= 0.3 is 0 Å². The second kappa shape index (κ2) is 7.11. The fourth-order valence-corrected chi connectivity index (χ4v) is 2.91. The van der Waals surface area contributed by atoms with Crippen LogP contribution in [0.25, 0.3) is 0 Å². The minimum Gasteiger partial charge on any atom is -0.377 e. The van der Waals surface area contributed by atoms with E-state index in [9.17, 15) is 0 Å². The Balaban J connectivity index is 1.53. The number of aryl methyl sites for hydroxylation is 1. The summed E-state index contributed by atoms with van der Waals surface area (Å²) in [5, 5.41) is 11.2. The van der Waals surface area contributed by atoms with Gasteiger partial charge in [-0.25, -0.2) is 0 Å². The first-order valence-corrected chi connectivity index (χ1v) is 7.35. The van der Waals surface area contributed by atoms with Gasteiger partial charge in [0.1, 0.15) is 0 Å². The lowest BCUT2D eigenvalue weighted by Gasteiger charge is -2.22. The highest BCUT2D eigenvalue weighted by Crippen LogP contribution is 2.12. The number of nitrogens with one attached hydrogen (secondary N) is 2. The molecule has 0 aromatic carbocycles. The number of ether oxygens (including phenoxy) is 1. The number of hydrogen-bond donors (Lipinski definition) is 2. The third-order valence-corrected chi connectivity index (χ3v) is 4.11. The Kier molecular flexibility index (Phi) is 5.45. The topological polar surface area (TPSA) is 33.3 Å². The predicted octanol–water partition coefficient (Wildman–Crippen LogP) is 1.91. The van der Waals surface area contributed by atoms with Crippen LogP contribution in [-0.2, 0) is 11.3 Å². The van der Waals surface area contributed by atoms with E-state index in [4.69, 9.17) is 4.74 Å². The molecule has 0 aliphatic carbocycles. The molecule has 4 heteroatoms. The first kappa shape index (κ1) is 13.0. The summed E-state index contributed by atoms with van der Waals surface area (Å²) in [6.45, 7) is 7.11. The largest absolute Gasteiger partial charge is 0.377 e. The molecule has 0 amide bonds. The zero-order valence-electron chi connectivity index (χ0n) is 10.5. The molecule has 1 aromatic heterocycles. The van der Waals surface area contributed by atoms with Gasteiger partial charge in [-0.15, -0.1) is 0 Å². The molecule has 0 bridgehead atoms. The van der Waals surface area contributed by atoms with Gasteiger partial charge in [0.05, 0.1) is 12.7 Å². The third-order valence-electron chi connectivity index (χ3n) is 3.20. The zero-order chi connectivity index (χ0) is 11.9. The Morgan fingerprint density at radius 2 is 2.24 bits per heavy atom. The van der Waals surface area contributed by atoms with Gasteiger partial charge in [0.2, 0.25) is 0 Å². The van der Waals surface area contributed by atoms with E-state index in [1.165, 1.54) is 11.1 Å². The molecular formula is C13H22N2OS. The van der Waals surface area contributed by atoms with Crippen LogP contribution < -0.4 is 10.6 Å². The van der Waals surface area contributed by atoms with Gasteiger partial charge in [0.15, 0.2) is 0 Å². The van der Waals surface area contributed by atoms with Gasteiger partial charge in [-0.2, -0.15) is 11.3 Å². The molecule has 0 saturated carbocycles. The molecule has 2 N–H and O–H groups in total. The van der Waals surface area contributed by atoms with Crippen molar-refractivity contribution in [3.05, 3.63) is 21.9 Å². The Bertz CT molecular complexity index is 321. The first-order valence-electron chi connectivity index (χ1n) is 6.41. The van der Waals surface area contributed by atoms with E-state index in [0.29, 0.717) is 6.10 Å². The molecule has 1 saturated heterocycles. The minimum atomic E-state index is 0.473. The van der Waals surface area contributed by atoms with Crippen molar-refractivity contribution in [3.63, 3.8) is 0 Å². The molecule has 1 aliphatic heterocycles. The second-order valence-electron chi connectivity index (χ2n) is 4.58. The highest BCUT2D eigenvalue weighted by atomic mass is 32.1. The Morgan fingerprint density at radius 3 is 2.94 bits per heavy atom. The molecule has 1 aromatic rings. The first-order chi connectivity index (χ1) is 8.36. The highest BCUT2D eigenvalue weighted by Gasteiger charge is 2.12. The number of thiophene rings is 1. The lowest BCUT2D eigenvalue weighted by molar-refractivity contribution is 0.0347. The van der Waals surface area contributed by atoms with Crippen LogP contribution in [0.3, 0.4) is 0 Å². The monoisotopic (exact) mass is 254 g/mol. The van der Waals surface area contributed by atoms with Crippen molar-refractivity contribution in [1.29, 1.82) is 0 Å². The molecular weight excluding hydrogens is 232 g/mol. The summed E-state index contributed by atoms with van der Waals surface area (Å²) in [6.07, 6.45) is 2.79.